The maximum Gasteiger partial charge on any atom is 0.330 e. The van der Waals surface area contributed by atoms with Crippen LogP contribution in [0.25, 0.3) is 0 Å². The third-order valence-corrected chi connectivity index (χ3v) is 2.87. The normalized spacial score (nSPS) is 10.7. The van der Waals surface area contributed by atoms with E-state index in [4.69, 9.17) is 10.5 Å². The first-order chi connectivity index (χ1) is 8.13. The Morgan fingerprint density at radius 1 is 1.59 bits per heavy atom. The van der Waals surface area contributed by atoms with Crippen molar-refractivity contribution in [1.82, 2.24) is 0 Å². The van der Waals surface area contributed by atoms with Gasteiger partial charge in [-0.15, -0.1) is 11.8 Å². The number of hydrogen-bond donors (Lipinski definition) is 1. The van der Waals surface area contributed by atoms with E-state index in [0.717, 1.165) is 0 Å². The molecule has 0 bridgehead atoms. The summed E-state index contributed by atoms with van der Waals surface area (Å²) in [6.45, 7) is 2.10. The monoisotopic (exact) mass is 255 g/mol. The summed E-state index contributed by atoms with van der Waals surface area (Å²) in [5.41, 5.74) is 6.20. The lowest BCUT2D eigenvalue weighted by atomic mass is 10.3. The van der Waals surface area contributed by atoms with Gasteiger partial charge in [-0.3, -0.25) is 0 Å². The summed E-state index contributed by atoms with van der Waals surface area (Å²) in [6.07, 6.45) is 3.01. The zero-order valence-corrected chi connectivity index (χ0v) is 10.3. The molecule has 1 rings (SSSR count). The zero-order chi connectivity index (χ0) is 12.7. The second-order valence-electron chi connectivity index (χ2n) is 3.15. The highest BCUT2D eigenvalue weighted by atomic mass is 32.2. The number of benzene rings is 1. The highest BCUT2D eigenvalue weighted by Crippen LogP contribution is 2.25. The van der Waals surface area contributed by atoms with E-state index >= 15 is 0 Å². The van der Waals surface area contributed by atoms with E-state index in [1.807, 2.05) is 0 Å². The van der Waals surface area contributed by atoms with E-state index in [1.54, 1.807) is 13.0 Å². The highest BCUT2D eigenvalue weighted by Gasteiger charge is 2.00. The lowest BCUT2D eigenvalue weighted by Gasteiger charge is -2.03. The Morgan fingerprint density at radius 2 is 2.35 bits per heavy atom. The van der Waals surface area contributed by atoms with Crippen molar-refractivity contribution in [2.45, 2.75) is 11.8 Å². The van der Waals surface area contributed by atoms with Gasteiger partial charge in [0.2, 0.25) is 0 Å². The topological polar surface area (TPSA) is 52.3 Å². The predicted octanol–water partition coefficient (Wildman–Crippen LogP) is 2.62. The standard InChI is InChI=1S/C12H14FNO2S/c1-2-16-12(15)4-3-7-17-11-8-9(13)5-6-10(11)14/h3-6,8H,2,7,14H2,1H3/b4-3+. The number of esters is 1. The van der Waals surface area contributed by atoms with Gasteiger partial charge < -0.3 is 10.5 Å². The van der Waals surface area contributed by atoms with E-state index < -0.39 is 0 Å². The largest absolute Gasteiger partial charge is 0.463 e. The molecule has 17 heavy (non-hydrogen) atoms. The van der Waals surface area contributed by atoms with Crippen molar-refractivity contribution in [3.63, 3.8) is 0 Å². The SMILES string of the molecule is CCOC(=O)/C=C/CSc1cc(F)ccc1N. The van der Waals surface area contributed by atoms with Crippen LogP contribution in [-0.2, 0) is 9.53 Å². The van der Waals surface area contributed by atoms with E-state index in [-0.39, 0.29) is 11.8 Å². The number of nitrogens with two attached hydrogens (primary N) is 1. The average Bonchev–Trinajstić information content (AvgIpc) is 2.29. The van der Waals surface area contributed by atoms with Gasteiger partial charge in [-0.1, -0.05) is 6.08 Å². The minimum Gasteiger partial charge on any atom is -0.463 e. The van der Waals surface area contributed by atoms with Gasteiger partial charge in [-0.2, -0.15) is 0 Å². The van der Waals surface area contributed by atoms with Gasteiger partial charge >= 0.3 is 5.97 Å². The van der Waals surface area contributed by atoms with Crippen molar-refractivity contribution < 1.29 is 13.9 Å². The minimum absolute atomic E-state index is 0.323. The molecule has 0 unspecified atom stereocenters. The number of anilines is 1. The summed E-state index contributed by atoms with van der Waals surface area (Å²) in [7, 11) is 0. The Bertz CT molecular complexity index is 421. The minimum atomic E-state index is -0.375. The maximum atomic E-state index is 12.9. The van der Waals surface area contributed by atoms with Gasteiger partial charge in [0.05, 0.1) is 6.61 Å². The molecule has 0 amide bonds. The number of nitrogen functional groups attached to an aromatic ring is 1. The summed E-state index contributed by atoms with van der Waals surface area (Å²) < 4.78 is 17.6. The van der Waals surface area contributed by atoms with Gasteiger partial charge in [0.1, 0.15) is 5.82 Å². The van der Waals surface area contributed by atoms with Crippen molar-refractivity contribution in [2.75, 3.05) is 18.1 Å². The lowest BCUT2D eigenvalue weighted by molar-refractivity contribution is -0.137. The van der Waals surface area contributed by atoms with Crippen LogP contribution >= 0.6 is 11.8 Å². The third-order valence-electron chi connectivity index (χ3n) is 1.85. The van der Waals surface area contributed by atoms with E-state index in [2.05, 4.69) is 0 Å². The van der Waals surface area contributed by atoms with Crippen molar-refractivity contribution in [2.24, 2.45) is 0 Å². The predicted molar refractivity (Wildman–Crippen MR) is 67.3 cm³/mol. The molecule has 1 aromatic carbocycles. The number of ether oxygens (including phenoxy) is 1. The third kappa shape index (κ3) is 4.91. The van der Waals surface area contributed by atoms with E-state index in [1.165, 1.54) is 36.0 Å². The van der Waals surface area contributed by atoms with Gasteiger partial charge in [0.15, 0.2) is 0 Å². The van der Waals surface area contributed by atoms with Gasteiger partial charge in [0.25, 0.3) is 0 Å². The van der Waals surface area contributed by atoms with Crippen molar-refractivity contribution in [3.8, 4) is 0 Å². The van der Waals surface area contributed by atoms with Crippen molar-refractivity contribution in [1.29, 1.82) is 0 Å². The Kier molecular flexibility index (Phi) is 5.56. The number of carbonyl (C=O) groups excluding carboxylic acids is 1. The Labute approximate surface area is 104 Å². The second kappa shape index (κ2) is 6.96. The Morgan fingerprint density at radius 3 is 3.06 bits per heavy atom. The molecule has 3 nitrogen and oxygen atoms in total. The molecule has 1 aromatic rings. The molecule has 0 aromatic heterocycles. The van der Waals surface area contributed by atoms with Gasteiger partial charge in [-0.25, -0.2) is 9.18 Å². The maximum absolute atomic E-state index is 12.9. The van der Waals surface area contributed by atoms with Crippen LogP contribution in [0.5, 0.6) is 0 Å². The summed E-state index contributed by atoms with van der Waals surface area (Å²) >= 11 is 1.36. The van der Waals surface area contributed by atoms with Crippen LogP contribution < -0.4 is 5.73 Å². The lowest BCUT2D eigenvalue weighted by Crippen LogP contribution is -1.98. The molecule has 0 fully saturated rings. The number of rotatable bonds is 5. The van der Waals surface area contributed by atoms with Crippen LogP contribution in [0.2, 0.25) is 0 Å². The molecule has 0 atom stereocenters. The molecule has 0 aliphatic heterocycles. The van der Waals surface area contributed by atoms with Gasteiger partial charge in [-0.05, 0) is 25.1 Å². The van der Waals surface area contributed by atoms with E-state index in [9.17, 15) is 9.18 Å². The van der Waals surface area contributed by atoms with Crippen molar-refractivity contribution >= 4 is 23.4 Å². The molecule has 2 N–H and O–H groups in total. The molecule has 0 radical (unpaired) electrons. The molecule has 0 heterocycles. The molecule has 0 saturated heterocycles. The quantitative estimate of drug-likeness (QED) is 0.380. The molecule has 0 spiro atoms. The fourth-order valence-electron chi connectivity index (χ4n) is 1.11. The molecule has 5 heteroatoms. The van der Waals surface area contributed by atoms with Crippen LogP contribution in [0.4, 0.5) is 10.1 Å². The van der Waals surface area contributed by atoms with Gasteiger partial charge in [0, 0.05) is 22.4 Å². The number of thioether (sulfide) groups is 1. The van der Waals surface area contributed by atoms with Crippen LogP contribution in [-0.4, -0.2) is 18.3 Å². The number of hydrogen-bond acceptors (Lipinski definition) is 4. The fraction of sp³-hybridized carbons (Fsp3) is 0.250. The van der Waals surface area contributed by atoms with Crippen molar-refractivity contribution in [3.05, 3.63) is 36.2 Å². The molecular weight excluding hydrogens is 241 g/mol. The second-order valence-corrected chi connectivity index (χ2v) is 4.21. The summed E-state index contributed by atoms with van der Waals surface area (Å²) in [6, 6.07) is 4.21. The molecular formula is C12H14FNO2S. The van der Waals surface area contributed by atoms with Crippen LogP contribution in [0.3, 0.4) is 0 Å². The molecule has 92 valence electrons. The first-order valence-corrected chi connectivity index (χ1v) is 6.13. The molecule has 0 aliphatic carbocycles. The molecule has 0 saturated carbocycles. The van der Waals surface area contributed by atoms with E-state index in [0.29, 0.717) is 22.9 Å². The average molecular weight is 255 g/mol. The number of halogens is 1. The first kappa shape index (κ1) is 13.6. The number of carbonyl (C=O) groups is 1. The summed E-state index contributed by atoms with van der Waals surface area (Å²) in [5, 5.41) is 0. The first-order valence-electron chi connectivity index (χ1n) is 5.14. The fourth-order valence-corrected chi connectivity index (χ4v) is 1.91. The zero-order valence-electron chi connectivity index (χ0n) is 9.48. The highest BCUT2D eigenvalue weighted by molar-refractivity contribution is 7.99. The summed E-state index contributed by atoms with van der Waals surface area (Å²) in [5.74, 6) is -0.164. The summed E-state index contributed by atoms with van der Waals surface area (Å²) in [4.78, 5) is 11.6. The van der Waals surface area contributed by atoms with Crippen LogP contribution in [0, 0.1) is 5.82 Å². The Balaban J connectivity index is 2.45. The Hall–Kier alpha value is -1.49. The van der Waals surface area contributed by atoms with Crippen LogP contribution in [0.1, 0.15) is 6.92 Å². The molecule has 0 aliphatic rings. The smallest absolute Gasteiger partial charge is 0.330 e. The van der Waals surface area contributed by atoms with Crippen LogP contribution in [0.15, 0.2) is 35.2 Å².